The molecule has 0 saturated heterocycles. The molecule has 166 valence electrons. The topological polar surface area (TPSA) is 88.2 Å². The van der Waals surface area contributed by atoms with Gasteiger partial charge in [0.05, 0.1) is 20.5 Å². The first-order valence-electron chi connectivity index (χ1n) is 9.89. The second kappa shape index (κ2) is 9.20. The number of amides is 1. The van der Waals surface area contributed by atoms with E-state index in [0.29, 0.717) is 18.5 Å². The molecule has 0 radical (unpaired) electrons. The molecule has 0 spiro atoms. The minimum atomic E-state index is -3.71. The normalized spacial score (nSPS) is 12.2. The number of thiazole rings is 1. The average molecular weight is 478 g/mol. The van der Waals surface area contributed by atoms with Gasteiger partial charge in [-0.25, -0.2) is 18.1 Å². The van der Waals surface area contributed by atoms with Crippen molar-refractivity contribution in [3.05, 3.63) is 56.7 Å². The number of nitrogens with zero attached hydrogens (tertiary/aromatic N) is 1. The van der Waals surface area contributed by atoms with Crippen molar-refractivity contribution in [1.82, 2.24) is 15.0 Å². The number of aryl methyl sites for hydroxylation is 2. The van der Waals surface area contributed by atoms with Crippen LogP contribution in [0.3, 0.4) is 0 Å². The fraction of sp³-hybridized carbons (Fsp3) is 0.364. The SMILES string of the molecule is Cc1nc(-c2ccc(CCNC(=O)c3cc(S(=O)(=O)NC(C)(C)C)ccc3C)s2)cs1. The van der Waals surface area contributed by atoms with Gasteiger partial charge in [-0.2, -0.15) is 0 Å². The molecule has 0 saturated carbocycles. The Kier molecular flexibility index (Phi) is 7.00. The van der Waals surface area contributed by atoms with E-state index in [1.54, 1.807) is 56.4 Å². The van der Waals surface area contributed by atoms with E-state index in [2.05, 4.69) is 27.2 Å². The van der Waals surface area contributed by atoms with E-state index in [9.17, 15) is 13.2 Å². The Labute approximate surface area is 191 Å². The van der Waals surface area contributed by atoms with Crippen molar-refractivity contribution in [3.63, 3.8) is 0 Å². The number of carbonyl (C=O) groups is 1. The van der Waals surface area contributed by atoms with E-state index >= 15 is 0 Å². The van der Waals surface area contributed by atoms with Crippen molar-refractivity contribution < 1.29 is 13.2 Å². The number of hydrogen-bond donors (Lipinski definition) is 2. The lowest BCUT2D eigenvalue weighted by molar-refractivity contribution is 0.0953. The molecule has 0 bridgehead atoms. The zero-order chi connectivity index (χ0) is 22.8. The third kappa shape index (κ3) is 6.22. The minimum Gasteiger partial charge on any atom is -0.352 e. The van der Waals surface area contributed by atoms with E-state index in [-0.39, 0.29) is 10.8 Å². The van der Waals surface area contributed by atoms with Gasteiger partial charge < -0.3 is 5.32 Å². The van der Waals surface area contributed by atoms with Gasteiger partial charge in [-0.05, 0) is 70.9 Å². The van der Waals surface area contributed by atoms with Crippen molar-refractivity contribution >= 4 is 38.6 Å². The molecule has 1 aromatic carbocycles. The number of rotatable bonds is 7. The highest BCUT2D eigenvalue weighted by molar-refractivity contribution is 7.89. The molecule has 0 fully saturated rings. The first-order chi connectivity index (χ1) is 14.4. The predicted molar refractivity (Wildman–Crippen MR) is 127 cm³/mol. The van der Waals surface area contributed by atoms with Crippen molar-refractivity contribution in [2.75, 3.05) is 6.54 Å². The van der Waals surface area contributed by atoms with Crippen molar-refractivity contribution in [3.8, 4) is 10.6 Å². The first-order valence-corrected chi connectivity index (χ1v) is 13.1. The zero-order valence-corrected chi connectivity index (χ0v) is 20.7. The van der Waals surface area contributed by atoms with Crippen molar-refractivity contribution in [1.29, 1.82) is 0 Å². The molecule has 0 aliphatic rings. The van der Waals surface area contributed by atoms with Crippen LogP contribution in [0.1, 0.15) is 46.6 Å². The standard InChI is InChI=1S/C22H27N3O3S3/c1-14-6-8-17(31(27,28)25-22(3,4)5)12-18(14)21(26)23-11-10-16-7-9-20(30-16)19-13-29-15(2)24-19/h6-9,12-13,25H,10-11H2,1-5H3,(H,23,26). The average Bonchev–Trinajstić information content (AvgIpc) is 3.28. The van der Waals surface area contributed by atoms with E-state index in [0.717, 1.165) is 26.0 Å². The van der Waals surface area contributed by atoms with Gasteiger partial charge in [0.15, 0.2) is 0 Å². The quantitative estimate of drug-likeness (QED) is 0.523. The number of hydrogen-bond acceptors (Lipinski definition) is 6. The number of carbonyl (C=O) groups excluding carboxylic acids is 1. The fourth-order valence-corrected chi connectivity index (χ4v) is 6.10. The molecule has 0 atom stereocenters. The van der Waals surface area contributed by atoms with Crippen LogP contribution >= 0.6 is 22.7 Å². The van der Waals surface area contributed by atoms with Crippen LogP contribution in [0.15, 0.2) is 40.6 Å². The summed E-state index contributed by atoms with van der Waals surface area (Å²) in [4.78, 5) is 19.6. The molecule has 0 unspecified atom stereocenters. The van der Waals surface area contributed by atoms with Gasteiger partial charge in [0, 0.05) is 27.9 Å². The molecule has 6 nitrogen and oxygen atoms in total. The molecule has 0 aliphatic carbocycles. The third-order valence-electron chi connectivity index (χ3n) is 4.39. The Morgan fingerprint density at radius 2 is 1.87 bits per heavy atom. The number of sulfonamides is 1. The molecule has 3 aromatic rings. The van der Waals surface area contributed by atoms with Crippen LogP contribution in [0.4, 0.5) is 0 Å². The largest absolute Gasteiger partial charge is 0.352 e. The Morgan fingerprint density at radius 1 is 1.13 bits per heavy atom. The number of nitrogens with one attached hydrogen (secondary N) is 2. The summed E-state index contributed by atoms with van der Waals surface area (Å²) in [5, 5.41) is 5.99. The summed E-state index contributed by atoms with van der Waals surface area (Å²) in [5.74, 6) is -0.280. The summed E-state index contributed by atoms with van der Waals surface area (Å²) in [6, 6.07) is 8.72. The zero-order valence-electron chi connectivity index (χ0n) is 18.3. The summed E-state index contributed by atoms with van der Waals surface area (Å²) in [6.45, 7) is 9.57. The predicted octanol–water partition coefficient (Wildman–Crippen LogP) is 4.54. The van der Waals surface area contributed by atoms with Gasteiger partial charge in [0.2, 0.25) is 10.0 Å². The van der Waals surface area contributed by atoms with Crippen LogP contribution in [0, 0.1) is 13.8 Å². The van der Waals surface area contributed by atoms with Crippen molar-refractivity contribution in [2.24, 2.45) is 0 Å². The Bertz CT molecular complexity index is 1190. The van der Waals surface area contributed by atoms with E-state index in [4.69, 9.17) is 0 Å². The molecule has 2 heterocycles. The Balaban J connectivity index is 1.65. The molecule has 1 amide bonds. The summed E-state index contributed by atoms with van der Waals surface area (Å²) in [5.41, 5.74) is 1.47. The molecule has 0 aliphatic heterocycles. The minimum absolute atomic E-state index is 0.0830. The van der Waals surface area contributed by atoms with Crippen LogP contribution < -0.4 is 10.0 Å². The monoisotopic (exact) mass is 477 g/mol. The Hall–Kier alpha value is -2.07. The summed E-state index contributed by atoms with van der Waals surface area (Å²) < 4.78 is 27.8. The third-order valence-corrected chi connectivity index (χ3v) is 8.09. The fourth-order valence-electron chi connectivity index (χ4n) is 3.00. The van der Waals surface area contributed by atoms with Gasteiger partial charge in [0.25, 0.3) is 5.91 Å². The highest BCUT2D eigenvalue weighted by atomic mass is 32.2. The van der Waals surface area contributed by atoms with Crippen molar-refractivity contribution in [2.45, 2.75) is 51.5 Å². The van der Waals surface area contributed by atoms with E-state index < -0.39 is 15.6 Å². The molecule has 9 heteroatoms. The van der Waals surface area contributed by atoms with Gasteiger partial charge in [-0.1, -0.05) is 6.07 Å². The van der Waals surface area contributed by atoms with Gasteiger partial charge in [-0.3, -0.25) is 4.79 Å². The first kappa shape index (κ1) is 23.6. The smallest absolute Gasteiger partial charge is 0.251 e. The van der Waals surface area contributed by atoms with E-state index in [1.165, 1.54) is 12.1 Å². The second-order valence-corrected chi connectivity index (χ2v) is 12.3. The highest BCUT2D eigenvalue weighted by Crippen LogP contribution is 2.29. The van der Waals surface area contributed by atoms with Crippen LogP contribution in [-0.2, 0) is 16.4 Å². The molecular formula is C22H27N3O3S3. The molecule has 2 N–H and O–H groups in total. The van der Waals surface area contributed by atoms with Crippen LogP contribution in [0.5, 0.6) is 0 Å². The second-order valence-electron chi connectivity index (χ2n) is 8.36. The summed E-state index contributed by atoms with van der Waals surface area (Å²) in [6.07, 6.45) is 0.697. The maximum Gasteiger partial charge on any atom is 0.251 e. The Morgan fingerprint density at radius 3 is 2.52 bits per heavy atom. The maximum atomic E-state index is 12.7. The van der Waals surface area contributed by atoms with Crippen LogP contribution in [0.25, 0.3) is 10.6 Å². The molecule has 2 aromatic heterocycles. The number of benzene rings is 1. The van der Waals surface area contributed by atoms with Gasteiger partial charge in [0.1, 0.15) is 0 Å². The van der Waals surface area contributed by atoms with Gasteiger partial charge in [-0.15, -0.1) is 22.7 Å². The number of aromatic nitrogens is 1. The molecular weight excluding hydrogens is 450 g/mol. The molecule has 31 heavy (non-hydrogen) atoms. The lowest BCUT2D eigenvalue weighted by Crippen LogP contribution is -2.40. The van der Waals surface area contributed by atoms with Crippen LogP contribution in [-0.4, -0.2) is 31.4 Å². The summed E-state index contributed by atoms with van der Waals surface area (Å²) >= 11 is 3.29. The lowest BCUT2D eigenvalue weighted by atomic mass is 10.1. The lowest BCUT2D eigenvalue weighted by Gasteiger charge is -2.20. The maximum absolute atomic E-state index is 12.7. The van der Waals surface area contributed by atoms with Crippen LogP contribution in [0.2, 0.25) is 0 Å². The summed E-state index contributed by atoms with van der Waals surface area (Å²) in [7, 11) is -3.71. The van der Waals surface area contributed by atoms with Gasteiger partial charge >= 0.3 is 0 Å². The number of thiophene rings is 1. The highest BCUT2D eigenvalue weighted by Gasteiger charge is 2.23. The molecule has 3 rings (SSSR count). The van der Waals surface area contributed by atoms with E-state index in [1.807, 2.05) is 12.3 Å².